The topological polar surface area (TPSA) is 32.3 Å². The number of nitrogens with zero attached hydrogens (tertiary/aromatic N) is 1. The average molecular weight is 368 g/mol. The van der Waals surface area contributed by atoms with Crippen LogP contribution in [-0.2, 0) is 24.1 Å². The molecule has 0 heterocycles. The van der Waals surface area contributed by atoms with Crippen LogP contribution < -0.4 is 5.32 Å². The Kier molecular flexibility index (Phi) is 6.37. The summed E-state index contributed by atoms with van der Waals surface area (Å²) < 4.78 is 52.1. The van der Waals surface area contributed by atoms with Gasteiger partial charge in [-0.3, -0.25) is 9.69 Å². The summed E-state index contributed by atoms with van der Waals surface area (Å²) in [5, 5.41) is 2.70. The number of rotatable bonds is 6. The number of likely N-dealkylation sites (N-methyl/N-ethyl adjacent to an activating group) is 1. The second kappa shape index (κ2) is 8.31. The molecule has 0 aromatic heterocycles. The third-order valence-corrected chi connectivity index (χ3v) is 4.16. The van der Waals surface area contributed by atoms with Crippen molar-refractivity contribution in [2.24, 2.45) is 0 Å². The summed E-state index contributed by atoms with van der Waals surface area (Å²) >= 11 is 0. The predicted molar refractivity (Wildman–Crippen MR) is 90.6 cm³/mol. The van der Waals surface area contributed by atoms with Crippen LogP contribution in [0.5, 0.6) is 0 Å². The normalized spacial score (nSPS) is 12.9. The maximum Gasteiger partial charge on any atom is 0.416 e. The van der Waals surface area contributed by atoms with Gasteiger partial charge in [-0.2, -0.15) is 13.2 Å². The number of carbonyl (C=O) groups is 1. The van der Waals surface area contributed by atoms with Crippen LogP contribution in [-0.4, -0.2) is 23.9 Å². The van der Waals surface area contributed by atoms with Crippen LogP contribution in [0.3, 0.4) is 0 Å². The van der Waals surface area contributed by atoms with E-state index in [1.165, 1.54) is 30.3 Å². The smallest absolute Gasteiger partial charge is 0.351 e. The maximum atomic E-state index is 13.1. The van der Waals surface area contributed by atoms with E-state index >= 15 is 0 Å². The van der Waals surface area contributed by atoms with Crippen LogP contribution in [0.4, 0.5) is 17.6 Å². The van der Waals surface area contributed by atoms with Crippen molar-refractivity contribution in [1.82, 2.24) is 10.2 Å². The Labute approximate surface area is 149 Å². The molecule has 0 saturated heterocycles. The predicted octanol–water partition coefficient (Wildman–Crippen LogP) is 3.98. The third-order valence-electron chi connectivity index (χ3n) is 4.16. The quantitative estimate of drug-likeness (QED) is 0.783. The molecule has 0 aliphatic carbocycles. The average Bonchev–Trinajstić information content (AvgIpc) is 2.59. The number of amides is 1. The molecule has 0 aliphatic rings. The van der Waals surface area contributed by atoms with Crippen molar-refractivity contribution >= 4 is 5.91 Å². The summed E-state index contributed by atoms with van der Waals surface area (Å²) in [6, 6.07) is 10.4. The van der Waals surface area contributed by atoms with E-state index in [9.17, 15) is 22.4 Å². The van der Waals surface area contributed by atoms with Gasteiger partial charge in [0, 0.05) is 13.1 Å². The summed E-state index contributed by atoms with van der Waals surface area (Å²) in [5.74, 6) is -0.683. The number of nitrogens with one attached hydrogen (secondary N) is 1. The van der Waals surface area contributed by atoms with Crippen LogP contribution in [0, 0.1) is 5.82 Å². The Morgan fingerprint density at radius 2 is 1.73 bits per heavy atom. The van der Waals surface area contributed by atoms with Crippen LogP contribution in [0.1, 0.15) is 23.6 Å². The fourth-order valence-electron chi connectivity index (χ4n) is 2.48. The standard InChI is InChI=1S/C19H20F4N2O/c1-13(18(26)24-11-14-7-9-16(20)10-8-14)25(2)12-15-5-3-4-6-17(15)19(21,22)23/h3-10,13H,11-12H2,1-2H3,(H,24,26). The highest BCUT2D eigenvalue weighted by Gasteiger charge is 2.33. The zero-order valence-corrected chi connectivity index (χ0v) is 14.5. The van der Waals surface area contributed by atoms with E-state index in [1.54, 1.807) is 31.0 Å². The summed E-state index contributed by atoms with van der Waals surface area (Å²) in [6.07, 6.45) is -4.44. The van der Waals surface area contributed by atoms with E-state index in [2.05, 4.69) is 5.32 Å². The first-order chi connectivity index (χ1) is 12.2. The van der Waals surface area contributed by atoms with Gasteiger partial charge in [0.25, 0.3) is 0 Å². The minimum absolute atomic E-state index is 0.0131. The minimum atomic E-state index is -4.44. The van der Waals surface area contributed by atoms with E-state index < -0.39 is 17.8 Å². The third kappa shape index (κ3) is 5.29. The van der Waals surface area contributed by atoms with E-state index in [0.29, 0.717) is 0 Å². The van der Waals surface area contributed by atoms with E-state index in [1.807, 2.05) is 0 Å². The zero-order valence-electron chi connectivity index (χ0n) is 14.5. The molecule has 1 N–H and O–H groups in total. The largest absolute Gasteiger partial charge is 0.416 e. The first-order valence-corrected chi connectivity index (χ1v) is 8.06. The first kappa shape index (κ1) is 19.9. The molecule has 1 unspecified atom stereocenters. The van der Waals surface area contributed by atoms with Gasteiger partial charge in [-0.05, 0) is 43.3 Å². The van der Waals surface area contributed by atoms with Crippen LogP contribution in [0.25, 0.3) is 0 Å². The Balaban J connectivity index is 1.97. The van der Waals surface area contributed by atoms with Gasteiger partial charge >= 0.3 is 6.18 Å². The van der Waals surface area contributed by atoms with Crippen LogP contribution in [0.15, 0.2) is 48.5 Å². The highest BCUT2D eigenvalue weighted by molar-refractivity contribution is 5.81. The van der Waals surface area contributed by atoms with Gasteiger partial charge < -0.3 is 5.32 Å². The lowest BCUT2D eigenvalue weighted by molar-refractivity contribution is -0.138. The van der Waals surface area contributed by atoms with Gasteiger partial charge in [-0.25, -0.2) is 4.39 Å². The molecule has 1 atom stereocenters. The number of hydrogen-bond donors (Lipinski definition) is 1. The first-order valence-electron chi connectivity index (χ1n) is 8.06. The molecule has 0 spiro atoms. The molecule has 0 radical (unpaired) electrons. The van der Waals surface area contributed by atoms with E-state index in [4.69, 9.17) is 0 Å². The minimum Gasteiger partial charge on any atom is -0.351 e. The van der Waals surface area contributed by atoms with Crippen molar-refractivity contribution in [3.63, 3.8) is 0 Å². The van der Waals surface area contributed by atoms with Crippen molar-refractivity contribution in [3.8, 4) is 0 Å². The Bertz CT molecular complexity index is 744. The summed E-state index contributed by atoms with van der Waals surface area (Å²) in [7, 11) is 1.59. The molecule has 2 aromatic rings. The monoisotopic (exact) mass is 368 g/mol. The van der Waals surface area contributed by atoms with Crippen molar-refractivity contribution in [3.05, 3.63) is 71.0 Å². The molecule has 26 heavy (non-hydrogen) atoms. The lowest BCUT2D eigenvalue weighted by Crippen LogP contribution is -2.42. The fraction of sp³-hybridized carbons (Fsp3) is 0.316. The molecule has 140 valence electrons. The Morgan fingerprint density at radius 1 is 1.12 bits per heavy atom. The maximum absolute atomic E-state index is 13.1. The summed E-state index contributed by atoms with van der Waals surface area (Å²) in [5.41, 5.74) is 0.142. The van der Waals surface area contributed by atoms with Gasteiger partial charge in [0.1, 0.15) is 5.82 Å². The molecule has 1 amide bonds. The number of alkyl halides is 3. The summed E-state index contributed by atoms with van der Waals surface area (Å²) in [6.45, 7) is 1.83. The number of halogens is 4. The molecule has 0 saturated carbocycles. The van der Waals surface area contributed by atoms with Crippen molar-refractivity contribution in [2.75, 3.05) is 7.05 Å². The number of benzene rings is 2. The Morgan fingerprint density at radius 3 is 2.35 bits per heavy atom. The SMILES string of the molecule is CC(C(=O)NCc1ccc(F)cc1)N(C)Cc1ccccc1C(F)(F)F. The van der Waals surface area contributed by atoms with Crippen LogP contribution in [0.2, 0.25) is 0 Å². The lowest BCUT2D eigenvalue weighted by Gasteiger charge is -2.25. The molecular weight excluding hydrogens is 348 g/mol. The molecular formula is C19H20F4N2O. The number of carbonyl (C=O) groups excluding carboxylic acids is 1. The fourth-order valence-corrected chi connectivity index (χ4v) is 2.48. The van der Waals surface area contributed by atoms with Gasteiger partial charge in [0.05, 0.1) is 11.6 Å². The highest BCUT2D eigenvalue weighted by Crippen LogP contribution is 2.32. The molecule has 0 bridgehead atoms. The molecule has 2 rings (SSSR count). The highest BCUT2D eigenvalue weighted by atomic mass is 19.4. The molecule has 3 nitrogen and oxygen atoms in total. The van der Waals surface area contributed by atoms with Gasteiger partial charge in [-0.15, -0.1) is 0 Å². The van der Waals surface area contributed by atoms with Crippen molar-refractivity contribution < 1.29 is 22.4 Å². The van der Waals surface area contributed by atoms with E-state index in [0.717, 1.165) is 11.6 Å². The zero-order chi connectivity index (χ0) is 19.3. The van der Waals surface area contributed by atoms with Crippen molar-refractivity contribution in [2.45, 2.75) is 32.2 Å². The molecule has 0 aliphatic heterocycles. The number of hydrogen-bond acceptors (Lipinski definition) is 2. The van der Waals surface area contributed by atoms with Crippen LogP contribution >= 0.6 is 0 Å². The van der Waals surface area contributed by atoms with E-state index in [-0.39, 0.29) is 30.4 Å². The van der Waals surface area contributed by atoms with Gasteiger partial charge in [-0.1, -0.05) is 30.3 Å². The molecule has 7 heteroatoms. The lowest BCUT2D eigenvalue weighted by atomic mass is 10.1. The van der Waals surface area contributed by atoms with Crippen molar-refractivity contribution in [1.29, 1.82) is 0 Å². The second-order valence-electron chi connectivity index (χ2n) is 6.09. The van der Waals surface area contributed by atoms with Gasteiger partial charge in [0.15, 0.2) is 0 Å². The van der Waals surface area contributed by atoms with Gasteiger partial charge in [0.2, 0.25) is 5.91 Å². The molecule has 0 fully saturated rings. The summed E-state index contributed by atoms with van der Waals surface area (Å²) in [4.78, 5) is 13.8. The second-order valence-corrected chi connectivity index (χ2v) is 6.09. The Hall–Kier alpha value is -2.41. The molecule has 2 aromatic carbocycles.